The van der Waals surface area contributed by atoms with Gasteiger partial charge in [0.05, 0.1) is 0 Å². The van der Waals surface area contributed by atoms with Crippen LogP contribution >= 0.6 is 74.0 Å². The first kappa shape index (κ1) is 75.2. The van der Waals surface area contributed by atoms with Crippen molar-refractivity contribution >= 4 is 74.0 Å². The van der Waals surface area contributed by atoms with Crippen molar-refractivity contribution in [2.24, 2.45) is 36.1 Å². The van der Waals surface area contributed by atoms with Crippen LogP contribution in [0.5, 0.6) is 0 Å². The molecule has 33 heteroatoms. The number of hydrogen-bond donors (Lipinski definition) is 0. The smallest absolute Gasteiger partial charge is 0.496 e. The van der Waals surface area contributed by atoms with E-state index in [1.165, 1.54) is 0 Å². The summed E-state index contributed by atoms with van der Waals surface area (Å²) in [5.41, 5.74) is 0. The maximum absolute atomic E-state index is 14.3. The Labute approximate surface area is 428 Å². The van der Waals surface area contributed by atoms with E-state index in [-0.39, 0.29) is 5.48 Å². The van der Waals surface area contributed by atoms with Gasteiger partial charge in [0.15, 0.2) is 0 Å². The van der Waals surface area contributed by atoms with E-state index in [1.54, 1.807) is 37.5 Å². The van der Waals surface area contributed by atoms with Crippen LogP contribution in [0, 0.1) is 0 Å². The molecule has 0 atom stereocenters. The highest BCUT2D eigenvalue weighted by Crippen LogP contribution is 2.84. The lowest BCUT2D eigenvalue weighted by Crippen LogP contribution is -2.30. The maximum atomic E-state index is 14.3. The van der Waals surface area contributed by atoms with Crippen molar-refractivity contribution in [2.75, 3.05) is 250 Å². The number of hydrogen-bond acceptors (Lipinski definition) is 6. The van der Waals surface area contributed by atoms with Gasteiger partial charge in [-0.25, -0.2) is 27.9 Å². The molecule has 0 aliphatic carbocycles. The first-order chi connectivity index (χ1) is 29.9. The van der Waals surface area contributed by atoms with E-state index < -0.39 is 74.0 Å². The van der Waals surface area contributed by atoms with Gasteiger partial charge in [-0.15, -0.1) is 0 Å². The molecule has 1 N–H and O–H groups in total. The van der Waals surface area contributed by atoms with Gasteiger partial charge in [-0.3, -0.25) is 41.9 Å². The highest BCUT2D eigenvalue weighted by atomic mass is 31.3. The SMILES string of the molecule is CN(C)P(=O)(N=P(N=P(C)(C)C)(N=P(C)(N(C)C)N(C)C)N=P(C)(N(C)C)N(C)C)N(C)C.CN(C)P(C)(=N[P+](N=P(C)(C)C)(N=P(C)(N(C)C)N(C)C)N=P(N(C)C)(N(C)C)N(C)C)N(C)C.[OH-]. The van der Waals surface area contributed by atoms with Gasteiger partial charge < -0.3 is 5.48 Å². The van der Waals surface area contributed by atoms with Crippen molar-refractivity contribution < 1.29 is 10.0 Å². The monoisotopic (exact) mass is 1180 g/mol. The summed E-state index contributed by atoms with van der Waals surface area (Å²) in [6, 6.07) is 0. The molecule has 0 fully saturated rings. The van der Waals surface area contributed by atoms with Crippen LogP contribution in [0.4, 0.5) is 0 Å². The third kappa shape index (κ3) is 19.7. The molecule has 23 nitrogen and oxygen atoms in total. The van der Waals surface area contributed by atoms with Crippen LogP contribution in [-0.2, 0) is 4.57 Å². The third-order valence-corrected chi connectivity index (χ3v) is 47.8. The summed E-state index contributed by atoms with van der Waals surface area (Å²) in [6.45, 7) is 21.9. The fraction of sp³-hybridized carbons (Fsp3) is 1.00. The second-order valence-corrected chi connectivity index (χ2v) is 56.3. The largest absolute Gasteiger partial charge is 0.870 e. The summed E-state index contributed by atoms with van der Waals surface area (Å²) in [7, 11) is 29.0. The average Bonchev–Trinajstić information content (AvgIpc) is 3.11. The van der Waals surface area contributed by atoms with Crippen molar-refractivity contribution in [1.29, 1.82) is 0 Å². The Kier molecular flexibility index (Phi) is 30.5. The van der Waals surface area contributed by atoms with E-state index in [0.29, 0.717) is 0 Å². The van der Waals surface area contributed by atoms with Crippen molar-refractivity contribution in [3.8, 4) is 0 Å². The molecule has 0 saturated carbocycles. The van der Waals surface area contributed by atoms with Gasteiger partial charge in [-0.1, -0.05) is 4.52 Å². The lowest BCUT2D eigenvalue weighted by molar-refractivity contribution is 0.450. The molecule has 0 heterocycles. The fourth-order valence-electron chi connectivity index (χ4n) is 6.06. The number of nitrogens with zero attached hydrogens (tertiary/aromatic N) is 21. The summed E-state index contributed by atoms with van der Waals surface area (Å²) in [5, 5.41) is 0. The third-order valence-electron chi connectivity index (χ3n) is 11.1. The Bertz CT molecular complexity index is 2000. The Morgan fingerprint density at radius 1 is 0.275 bits per heavy atom. The standard InChI is InChI=1S/C19H57N11P5.C17H51N10OP5.H2O/c1-24(2)32(18,25(3)4)21-34(20-31(15,16)17,22-33(19,26(5)6)27(7)8)23-35(28(9)10,29(11)12)30(13)14;1-22(2)30(16,23(3)4)19-32(18-29(13,14)15,20-31(17,24(5)6)25(7)8)21-33(28,26(9)10)27(11)12;/h1-19H3;1-17H3;1H2/q+1;;/p-1. The summed E-state index contributed by atoms with van der Waals surface area (Å²) < 4.78 is 86.2. The van der Waals surface area contributed by atoms with E-state index in [1.807, 2.05) is 56.4 Å². The van der Waals surface area contributed by atoms with E-state index in [0.717, 1.165) is 0 Å². The molecule has 0 radical (unpaired) electrons. The van der Waals surface area contributed by atoms with Gasteiger partial charge in [-0.2, -0.15) is 13.5 Å². The molecule has 0 rings (SSSR count). The predicted molar refractivity (Wildman–Crippen MR) is 328 cm³/mol. The van der Waals surface area contributed by atoms with Gasteiger partial charge in [0.2, 0.25) is 7.51 Å². The summed E-state index contributed by atoms with van der Waals surface area (Å²) in [6.07, 6.45) is 0. The molecule has 0 aliphatic heterocycles. The molecule has 0 saturated heterocycles. The highest BCUT2D eigenvalue weighted by molar-refractivity contribution is 7.89. The molecule has 0 aromatic heterocycles. The van der Waals surface area contributed by atoms with E-state index in [2.05, 4.69) is 217 Å². The van der Waals surface area contributed by atoms with Crippen LogP contribution in [0.1, 0.15) is 0 Å². The second kappa shape index (κ2) is 28.0. The Morgan fingerprint density at radius 3 is 0.696 bits per heavy atom. The van der Waals surface area contributed by atoms with E-state index in [9.17, 15) is 4.57 Å². The van der Waals surface area contributed by atoms with Gasteiger partial charge in [0.1, 0.15) is 29.4 Å². The molecule has 0 aliphatic rings. The van der Waals surface area contributed by atoms with Crippen molar-refractivity contribution in [3.63, 3.8) is 0 Å². The van der Waals surface area contributed by atoms with Crippen LogP contribution in [0.2, 0.25) is 0 Å². The quantitative estimate of drug-likeness (QED) is 0.0987. The molecule has 0 aromatic rings. The van der Waals surface area contributed by atoms with Crippen LogP contribution < -0.4 is 0 Å². The van der Waals surface area contributed by atoms with Crippen LogP contribution in [0.15, 0.2) is 36.1 Å². The molecule has 0 aromatic carbocycles. The predicted octanol–water partition coefficient (Wildman–Crippen LogP) is 11.6. The molecule has 420 valence electrons. The molecule has 0 unspecified atom stereocenters. The Balaban J connectivity index is -0.00000125. The molecular formula is C36H109N21O2P10. The first-order valence-corrected chi connectivity index (χ1v) is 43.0. The van der Waals surface area contributed by atoms with Crippen molar-refractivity contribution in [3.05, 3.63) is 0 Å². The second-order valence-electron chi connectivity index (χ2n) is 21.2. The summed E-state index contributed by atoms with van der Waals surface area (Å²) in [4.78, 5) is 0. The molecule has 69 heavy (non-hydrogen) atoms. The van der Waals surface area contributed by atoms with Crippen molar-refractivity contribution in [2.45, 2.75) is 0 Å². The van der Waals surface area contributed by atoms with Crippen LogP contribution in [0.25, 0.3) is 0 Å². The minimum Gasteiger partial charge on any atom is -0.870 e. The summed E-state index contributed by atoms with van der Waals surface area (Å²) >= 11 is 0. The van der Waals surface area contributed by atoms with Crippen LogP contribution in [0.3, 0.4) is 0 Å². The highest BCUT2D eigenvalue weighted by Gasteiger charge is 2.52. The molecule has 0 amide bonds. The summed E-state index contributed by atoms with van der Waals surface area (Å²) in [5.74, 6) is 0. The van der Waals surface area contributed by atoms with Gasteiger partial charge in [0.25, 0.3) is 0 Å². The topological polar surface area (TPSA) is 188 Å². The zero-order valence-electron chi connectivity index (χ0n) is 50.7. The minimum absolute atomic E-state index is 0. The molecule has 0 bridgehead atoms. The zero-order chi connectivity index (χ0) is 55.2. The fourth-order valence-corrected chi connectivity index (χ4v) is 41.3. The Hall–Kier alpha value is 1.94. The Morgan fingerprint density at radius 2 is 0.522 bits per heavy atom. The van der Waals surface area contributed by atoms with Crippen LogP contribution in [-0.4, -0.2) is 316 Å². The number of rotatable bonds is 21. The van der Waals surface area contributed by atoms with E-state index >= 15 is 0 Å². The molecular weight excluding hydrogens is 1070 g/mol. The maximum Gasteiger partial charge on any atom is 0.496 e. The average molecular weight is 1180 g/mol. The van der Waals surface area contributed by atoms with Crippen molar-refractivity contribution in [1.82, 2.24) is 60.7 Å². The van der Waals surface area contributed by atoms with Gasteiger partial charge in [-0.05, 0) is 257 Å². The normalized spacial score (nSPS) is 14.6. The lowest BCUT2D eigenvalue weighted by Gasteiger charge is -2.40. The lowest BCUT2D eigenvalue weighted by atomic mass is 11.2. The van der Waals surface area contributed by atoms with Gasteiger partial charge >= 0.3 is 23.0 Å². The zero-order valence-corrected chi connectivity index (χ0v) is 59.7. The first-order valence-electron chi connectivity index (χ1n) is 22.1. The molecule has 0 spiro atoms. The minimum atomic E-state index is -3.32. The van der Waals surface area contributed by atoms with Gasteiger partial charge in [0, 0.05) is 20.4 Å². The van der Waals surface area contributed by atoms with E-state index in [4.69, 9.17) is 36.1 Å².